The van der Waals surface area contributed by atoms with E-state index in [1.807, 2.05) is 0 Å². The summed E-state index contributed by atoms with van der Waals surface area (Å²) in [6.45, 7) is 11.0. The first-order valence-corrected chi connectivity index (χ1v) is 7.19. The van der Waals surface area contributed by atoms with Gasteiger partial charge in [0.15, 0.2) is 0 Å². The Labute approximate surface area is 115 Å². The number of ether oxygens (including phenoxy) is 1. The maximum Gasteiger partial charge on any atom is 0.323 e. The Bertz CT molecular complexity index is 319. The molecule has 2 fully saturated rings. The molecule has 0 spiro atoms. The number of aliphatic hydroxyl groups excluding tert-OH is 1. The highest BCUT2D eigenvalue weighted by atomic mass is 16.5. The molecule has 2 aliphatic rings. The van der Waals surface area contributed by atoms with Crippen LogP contribution in [-0.4, -0.2) is 72.4 Å². The molecule has 19 heavy (non-hydrogen) atoms. The third-order valence-corrected chi connectivity index (χ3v) is 4.19. The van der Waals surface area contributed by atoms with Gasteiger partial charge in [0.1, 0.15) is 6.04 Å². The number of aliphatic hydroxyl groups is 1. The highest BCUT2D eigenvalue weighted by molar-refractivity contribution is 5.77. The summed E-state index contributed by atoms with van der Waals surface area (Å²) >= 11 is 0. The molecule has 0 bridgehead atoms. The molecule has 0 aromatic heterocycles. The first-order chi connectivity index (χ1) is 8.88. The van der Waals surface area contributed by atoms with Crippen molar-refractivity contribution in [3.05, 3.63) is 0 Å². The van der Waals surface area contributed by atoms with Crippen molar-refractivity contribution in [2.75, 3.05) is 39.3 Å². The fraction of sp³-hybridized carbons (Fsp3) is 0.929. The Morgan fingerprint density at radius 2 is 1.95 bits per heavy atom. The lowest BCUT2D eigenvalue weighted by Gasteiger charge is -2.39. The summed E-state index contributed by atoms with van der Waals surface area (Å²) in [6.07, 6.45) is 0.513. The average Bonchev–Trinajstić information content (AvgIpc) is 2.75. The van der Waals surface area contributed by atoms with E-state index in [1.54, 1.807) is 0 Å². The van der Waals surface area contributed by atoms with Gasteiger partial charge in [-0.25, -0.2) is 0 Å². The Kier molecular flexibility index (Phi) is 4.48. The van der Waals surface area contributed by atoms with Gasteiger partial charge in [-0.1, -0.05) is 20.8 Å². The molecule has 0 radical (unpaired) electrons. The Morgan fingerprint density at radius 3 is 2.42 bits per heavy atom. The zero-order valence-corrected chi connectivity index (χ0v) is 12.3. The third kappa shape index (κ3) is 3.68. The van der Waals surface area contributed by atoms with Crippen LogP contribution in [-0.2, 0) is 9.53 Å². The number of esters is 1. The standard InChI is InChI=1S/C14H26N2O3/c1-14(2,3)12(17)10-15-5-7-16(8-6-15)11-4-9-19-13(11)18/h11-12,17H,4-10H2,1-3H3/t11-,12+/m0/s1. The molecule has 5 nitrogen and oxygen atoms in total. The molecule has 2 atom stereocenters. The molecule has 0 aliphatic carbocycles. The summed E-state index contributed by atoms with van der Waals surface area (Å²) in [5, 5.41) is 10.1. The molecule has 1 N–H and O–H groups in total. The minimum absolute atomic E-state index is 0.0327. The minimum Gasteiger partial charge on any atom is -0.464 e. The van der Waals surface area contributed by atoms with E-state index < -0.39 is 0 Å². The van der Waals surface area contributed by atoms with Gasteiger partial charge >= 0.3 is 5.97 Å². The monoisotopic (exact) mass is 270 g/mol. The van der Waals surface area contributed by atoms with E-state index in [0.717, 1.165) is 32.6 Å². The number of carbonyl (C=O) groups excluding carboxylic acids is 1. The summed E-state index contributed by atoms with van der Waals surface area (Å²) in [7, 11) is 0. The van der Waals surface area contributed by atoms with Crippen molar-refractivity contribution < 1.29 is 14.6 Å². The van der Waals surface area contributed by atoms with E-state index in [-0.39, 0.29) is 23.5 Å². The Hall–Kier alpha value is -0.650. The predicted octanol–water partition coefficient (Wildman–Crippen LogP) is 0.327. The van der Waals surface area contributed by atoms with E-state index in [4.69, 9.17) is 4.74 Å². The minimum atomic E-state index is -0.310. The number of carbonyl (C=O) groups is 1. The molecule has 2 saturated heterocycles. The smallest absolute Gasteiger partial charge is 0.323 e. The van der Waals surface area contributed by atoms with Crippen LogP contribution in [0, 0.1) is 5.41 Å². The highest BCUT2D eigenvalue weighted by Crippen LogP contribution is 2.21. The fourth-order valence-electron chi connectivity index (χ4n) is 2.59. The van der Waals surface area contributed by atoms with Gasteiger partial charge in [-0.15, -0.1) is 0 Å². The van der Waals surface area contributed by atoms with E-state index in [1.165, 1.54) is 0 Å². The van der Waals surface area contributed by atoms with Crippen molar-refractivity contribution in [2.24, 2.45) is 5.41 Å². The van der Waals surface area contributed by atoms with Gasteiger partial charge in [-0.2, -0.15) is 0 Å². The second-order valence-corrected chi connectivity index (χ2v) is 6.69. The topological polar surface area (TPSA) is 53.0 Å². The quantitative estimate of drug-likeness (QED) is 0.749. The van der Waals surface area contributed by atoms with Gasteiger partial charge in [-0.05, 0) is 5.41 Å². The van der Waals surface area contributed by atoms with Gasteiger partial charge in [0.25, 0.3) is 0 Å². The predicted molar refractivity (Wildman–Crippen MR) is 72.8 cm³/mol. The van der Waals surface area contributed by atoms with E-state index >= 15 is 0 Å². The molecule has 5 heteroatoms. The van der Waals surface area contributed by atoms with Crippen molar-refractivity contribution in [1.82, 2.24) is 9.80 Å². The molecule has 0 amide bonds. The van der Waals surface area contributed by atoms with Crippen LogP contribution in [0.2, 0.25) is 0 Å². The van der Waals surface area contributed by atoms with Crippen LogP contribution in [0.15, 0.2) is 0 Å². The van der Waals surface area contributed by atoms with Gasteiger partial charge in [-0.3, -0.25) is 14.6 Å². The number of rotatable bonds is 3. The molecular weight excluding hydrogens is 244 g/mol. The largest absolute Gasteiger partial charge is 0.464 e. The number of hydrogen-bond donors (Lipinski definition) is 1. The van der Waals surface area contributed by atoms with Crippen molar-refractivity contribution in [1.29, 1.82) is 0 Å². The first kappa shape index (κ1) is 14.8. The Balaban J connectivity index is 1.78. The van der Waals surface area contributed by atoms with Crippen molar-refractivity contribution >= 4 is 5.97 Å². The third-order valence-electron chi connectivity index (χ3n) is 4.19. The van der Waals surface area contributed by atoms with Crippen LogP contribution in [0.4, 0.5) is 0 Å². The lowest BCUT2D eigenvalue weighted by Crippen LogP contribution is -2.53. The summed E-state index contributed by atoms with van der Waals surface area (Å²) in [6, 6.07) is -0.0327. The number of cyclic esters (lactones) is 1. The van der Waals surface area contributed by atoms with E-state index in [9.17, 15) is 9.90 Å². The molecule has 2 heterocycles. The zero-order chi connectivity index (χ0) is 14.0. The van der Waals surface area contributed by atoms with Crippen LogP contribution >= 0.6 is 0 Å². The molecule has 2 aliphatic heterocycles. The van der Waals surface area contributed by atoms with Crippen LogP contribution in [0.3, 0.4) is 0 Å². The van der Waals surface area contributed by atoms with Crippen molar-refractivity contribution in [3.63, 3.8) is 0 Å². The van der Waals surface area contributed by atoms with Crippen molar-refractivity contribution in [2.45, 2.75) is 39.3 Å². The van der Waals surface area contributed by atoms with Gasteiger partial charge in [0, 0.05) is 39.1 Å². The second-order valence-electron chi connectivity index (χ2n) is 6.69. The molecule has 0 unspecified atom stereocenters. The molecule has 110 valence electrons. The number of β-amino-alcohol motifs (C(OH)–C–C–N with tert-alkyl or cyclic N) is 1. The van der Waals surface area contributed by atoms with E-state index in [0.29, 0.717) is 13.2 Å². The fourth-order valence-corrected chi connectivity index (χ4v) is 2.59. The molecule has 2 rings (SSSR count). The summed E-state index contributed by atoms with van der Waals surface area (Å²) in [4.78, 5) is 16.0. The van der Waals surface area contributed by atoms with E-state index in [2.05, 4.69) is 30.6 Å². The maximum absolute atomic E-state index is 11.5. The average molecular weight is 270 g/mol. The van der Waals surface area contributed by atoms with Crippen molar-refractivity contribution in [3.8, 4) is 0 Å². The number of piperazine rings is 1. The molecule has 0 saturated carbocycles. The first-order valence-electron chi connectivity index (χ1n) is 7.19. The number of hydrogen-bond acceptors (Lipinski definition) is 5. The zero-order valence-electron chi connectivity index (χ0n) is 12.3. The van der Waals surface area contributed by atoms with Gasteiger partial charge in [0.05, 0.1) is 12.7 Å². The van der Waals surface area contributed by atoms with Gasteiger partial charge < -0.3 is 9.84 Å². The lowest BCUT2D eigenvalue weighted by atomic mass is 9.89. The molecular formula is C14H26N2O3. The Morgan fingerprint density at radius 1 is 1.32 bits per heavy atom. The SMILES string of the molecule is CC(C)(C)[C@H](O)CN1CCN([C@H]2CCOC2=O)CC1. The van der Waals surface area contributed by atoms with Crippen LogP contribution in [0.25, 0.3) is 0 Å². The maximum atomic E-state index is 11.5. The summed E-state index contributed by atoms with van der Waals surface area (Å²) < 4.78 is 5.02. The highest BCUT2D eigenvalue weighted by Gasteiger charge is 2.34. The van der Waals surface area contributed by atoms with Crippen LogP contribution in [0.5, 0.6) is 0 Å². The van der Waals surface area contributed by atoms with Crippen LogP contribution in [0.1, 0.15) is 27.2 Å². The molecule has 0 aromatic carbocycles. The van der Waals surface area contributed by atoms with Crippen LogP contribution < -0.4 is 0 Å². The normalized spacial score (nSPS) is 28.4. The van der Waals surface area contributed by atoms with Gasteiger partial charge in [0.2, 0.25) is 0 Å². The number of nitrogens with zero attached hydrogens (tertiary/aromatic N) is 2. The summed E-state index contributed by atoms with van der Waals surface area (Å²) in [5.41, 5.74) is -0.0770. The molecule has 0 aromatic rings. The lowest BCUT2D eigenvalue weighted by molar-refractivity contribution is -0.143. The second kappa shape index (κ2) is 5.77. The summed E-state index contributed by atoms with van der Waals surface area (Å²) in [5.74, 6) is -0.0665.